The zero-order valence-corrected chi connectivity index (χ0v) is 17.8. The van der Waals surface area contributed by atoms with Crippen LogP contribution in [0.3, 0.4) is 0 Å². The molecular weight excluding hydrogens is 362 g/mol. The molecular formula is C25H35NO3. The van der Waals surface area contributed by atoms with E-state index >= 15 is 0 Å². The SMILES string of the molecule is CCCN1CC[C@H](O)C[C@@H]1c1ccc(OC(C)CCCc2ccccc2)cc1O. The van der Waals surface area contributed by atoms with Gasteiger partial charge in [-0.25, -0.2) is 0 Å². The van der Waals surface area contributed by atoms with Gasteiger partial charge in [0.15, 0.2) is 0 Å². The van der Waals surface area contributed by atoms with Crippen molar-refractivity contribution in [3.8, 4) is 11.5 Å². The fourth-order valence-corrected chi connectivity index (χ4v) is 4.28. The quantitative estimate of drug-likeness (QED) is 0.619. The van der Waals surface area contributed by atoms with Gasteiger partial charge >= 0.3 is 0 Å². The van der Waals surface area contributed by atoms with E-state index in [4.69, 9.17) is 4.74 Å². The van der Waals surface area contributed by atoms with E-state index in [9.17, 15) is 10.2 Å². The Morgan fingerprint density at radius 1 is 1.17 bits per heavy atom. The van der Waals surface area contributed by atoms with Gasteiger partial charge in [0, 0.05) is 24.2 Å². The lowest BCUT2D eigenvalue weighted by atomic mass is 9.92. The number of hydrogen-bond acceptors (Lipinski definition) is 4. The standard InChI is InChI=1S/C25H35NO3/c1-3-15-26-16-14-21(27)17-24(26)23-13-12-22(18-25(23)28)29-19(2)8-7-11-20-9-5-4-6-10-20/h4-6,9-10,12-13,18-19,21,24,27-28H,3,7-8,11,14-17H2,1-2H3/t19?,21-,24+/m0/s1. The second-order valence-electron chi connectivity index (χ2n) is 8.26. The van der Waals surface area contributed by atoms with Crippen molar-refractivity contribution in [1.29, 1.82) is 0 Å². The number of nitrogens with zero attached hydrogens (tertiary/aromatic N) is 1. The van der Waals surface area contributed by atoms with E-state index < -0.39 is 0 Å². The van der Waals surface area contributed by atoms with Crippen molar-refractivity contribution in [2.24, 2.45) is 0 Å². The fraction of sp³-hybridized carbons (Fsp3) is 0.520. The molecule has 158 valence electrons. The summed E-state index contributed by atoms with van der Waals surface area (Å²) in [5.41, 5.74) is 2.24. The summed E-state index contributed by atoms with van der Waals surface area (Å²) >= 11 is 0. The molecule has 1 aliphatic heterocycles. The van der Waals surface area contributed by atoms with Gasteiger partial charge in [0.2, 0.25) is 0 Å². The minimum absolute atomic E-state index is 0.0658. The van der Waals surface area contributed by atoms with Gasteiger partial charge in [-0.15, -0.1) is 0 Å². The van der Waals surface area contributed by atoms with Crippen molar-refractivity contribution >= 4 is 0 Å². The second-order valence-corrected chi connectivity index (χ2v) is 8.26. The molecule has 2 aromatic carbocycles. The average molecular weight is 398 g/mol. The number of aliphatic hydroxyl groups is 1. The van der Waals surface area contributed by atoms with Crippen molar-refractivity contribution < 1.29 is 14.9 Å². The Labute approximate surface area is 175 Å². The lowest BCUT2D eigenvalue weighted by Crippen LogP contribution is -2.39. The summed E-state index contributed by atoms with van der Waals surface area (Å²) in [6, 6.07) is 16.2. The van der Waals surface area contributed by atoms with E-state index in [1.165, 1.54) is 5.56 Å². The summed E-state index contributed by atoms with van der Waals surface area (Å²) in [7, 11) is 0. The first-order valence-corrected chi connectivity index (χ1v) is 11.0. The third kappa shape index (κ3) is 6.22. The predicted octanol–water partition coefficient (Wildman–Crippen LogP) is 5.09. The van der Waals surface area contributed by atoms with Gasteiger partial charge in [0.05, 0.1) is 12.2 Å². The van der Waals surface area contributed by atoms with Crippen LogP contribution < -0.4 is 4.74 Å². The van der Waals surface area contributed by atoms with Crippen LogP contribution in [0.4, 0.5) is 0 Å². The van der Waals surface area contributed by atoms with Gasteiger partial charge in [0.1, 0.15) is 11.5 Å². The normalized spacial score (nSPS) is 21.1. The molecule has 0 amide bonds. The molecule has 3 rings (SSSR count). The van der Waals surface area contributed by atoms with E-state index in [2.05, 4.69) is 43.0 Å². The molecule has 1 heterocycles. The highest BCUT2D eigenvalue weighted by molar-refractivity contribution is 5.42. The first-order valence-electron chi connectivity index (χ1n) is 11.0. The van der Waals surface area contributed by atoms with Crippen LogP contribution in [0, 0.1) is 0 Å². The number of piperidine rings is 1. The molecule has 1 unspecified atom stereocenters. The molecule has 2 aromatic rings. The van der Waals surface area contributed by atoms with Crippen molar-refractivity contribution in [1.82, 2.24) is 4.90 Å². The van der Waals surface area contributed by atoms with Gasteiger partial charge in [-0.3, -0.25) is 4.90 Å². The molecule has 4 heteroatoms. The number of rotatable bonds is 9. The second kappa shape index (κ2) is 10.7. The molecule has 3 atom stereocenters. The van der Waals surface area contributed by atoms with Gasteiger partial charge in [-0.2, -0.15) is 0 Å². The topological polar surface area (TPSA) is 52.9 Å². The Balaban J connectivity index is 1.56. The summed E-state index contributed by atoms with van der Waals surface area (Å²) < 4.78 is 6.05. The summed E-state index contributed by atoms with van der Waals surface area (Å²) in [5, 5.41) is 20.8. The predicted molar refractivity (Wildman–Crippen MR) is 117 cm³/mol. The Morgan fingerprint density at radius 3 is 2.69 bits per heavy atom. The number of phenols is 1. The smallest absolute Gasteiger partial charge is 0.124 e. The van der Waals surface area contributed by atoms with Crippen LogP contribution in [-0.4, -0.2) is 40.4 Å². The Hall–Kier alpha value is -2.04. The molecule has 0 bridgehead atoms. The van der Waals surface area contributed by atoms with Crippen molar-refractivity contribution in [2.45, 2.75) is 70.6 Å². The molecule has 0 aromatic heterocycles. The maximum atomic E-state index is 10.7. The molecule has 1 saturated heterocycles. The number of benzene rings is 2. The van der Waals surface area contributed by atoms with Gasteiger partial charge in [-0.1, -0.05) is 43.3 Å². The maximum Gasteiger partial charge on any atom is 0.124 e. The van der Waals surface area contributed by atoms with E-state index in [-0.39, 0.29) is 24.0 Å². The lowest BCUT2D eigenvalue weighted by molar-refractivity contribution is 0.0400. The number of aryl methyl sites for hydroxylation is 1. The van der Waals surface area contributed by atoms with Gasteiger partial charge in [-0.05, 0) is 63.6 Å². The summed E-state index contributed by atoms with van der Waals surface area (Å²) in [6.07, 6.45) is 5.43. The molecule has 0 radical (unpaired) electrons. The number of ether oxygens (including phenoxy) is 1. The zero-order valence-electron chi connectivity index (χ0n) is 17.8. The van der Waals surface area contributed by atoms with Crippen LogP contribution in [0.1, 0.15) is 63.1 Å². The van der Waals surface area contributed by atoms with E-state index in [0.29, 0.717) is 12.2 Å². The third-order valence-electron chi connectivity index (χ3n) is 5.81. The average Bonchev–Trinajstić information content (AvgIpc) is 2.70. The van der Waals surface area contributed by atoms with Crippen molar-refractivity contribution in [3.05, 3.63) is 59.7 Å². The van der Waals surface area contributed by atoms with Crippen LogP contribution in [0.15, 0.2) is 48.5 Å². The Kier molecular flexibility index (Phi) is 7.96. The van der Waals surface area contributed by atoms with E-state index in [1.54, 1.807) is 6.07 Å². The Bertz CT molecular complexity index is 749. The number of likely N-dealkylation sites (tertiary alicyclic amines) is 1. The highest BCUT2D eigenvalue weighted by Crippen LogP contribution is 2.37. The van der Waals surface area contributed by atoms with Crippen molar-refractivity contribution in [3.63, 3.8) is 0 Å². The summed E-state index contributed by atoms with van der Waals surface area (Å²) in [5.74, 6) is 0.969. The highest BCUT2D eigenvalue weighted by Gasteiger charge is 2.29. The maximum absolute atomic E-state index is 10.7. The molecule has 0 saturated carbocycles. The van der Waals surface area contributed by atoms with E-state index in [1.807, 2.05) is 18.2 Å². The number of aliphatic hydroxyl groups excluding tert-OH is 1. The minimum Gasteiger partial charge on any atom is -0.507 e. The minimum atomic E-state index is -0.298. The zero-order chi connectivity index (χ0) is 20.6. The van der Waals surface area contributed by atoms with Gasteiger partial charge in [0.25, 0.3) is 0 Å². The molecule has 1 fully saturated rings. The van der Waals surface area contributed by atoms with Crippen LogP contribution in [0.2, 0.25) is 0 Å². The molecule has 1 aliphatic rings. The number of phenolic OH excluding ortho intramolecular Hbond substituents is 1. The monoisotopic (exact) mass is 397 g/mol. The van der Waals surface area contributed by atoms with Crippen LogP contribution in [-0.2, 0) is 6.42 Å². The van der Waals surface area contributed by atoms with Crippen molar-refractivity contribution in [2.75, 3.05) is 13.1 Å². The van der Waals surface area contributed by atoms with E-state index in [0.717, 1.165) is 50.8 Å². The van der Waals surface area contributed by atoms with Gasteiger partial charge < -0.3 is 14.9 Å². The molecule has 4 nitrogen and oxygen atoms in total. The summed E-state index contributed by atoms with van der Waals surface area (Å²) in [6.45, 7) is 6.10. The number of aromatic hydroxyl groups is 1. The number of hydrogen-bond donors (Lipinski definition) is 2. The lowest BCUT2D eigenvalue weighted by Gasteiger charge is -2.38. The van der Waals surface area contributed by atoms with Crippen LogP contribution >= 0.6 is 0 Å². The largest absolute Gasteiger partial charge is 0.507 e. The van der Waals surface area contributed by atoms with Crippen LogP contribution in [0.25, 0.3) is 0 Å². The first-order chi connectivity index (χ1) is 14.1. The molecule has 2 N–H and O–H groups in total. The molecule has 29 heavy (non-hydrogen) atoms. The third-order valence-corrected chi connectivity index (χ3v) is 5.81. The molecule has 0 spiro atoms. The molecule has 0 aliphatic carbocycles. The summed E-state index contributed by atoms with van der Waals surface area (Å²) in [4.78, 5) is 2.37. The van der Waals surface area contributed by atoms with Crippen LogP contribution in [0.5, 0.6) is 11.5 Å². The first kappa shape index (κ1) is 21.7. The highest BCUT2D eigenvalue weighted by atomic mass is 16.5. The fourth-order valence-electron chi connectivity index (χ4n) is 4.28. The Morgan fingerprint density at radius 2 is 1.97 bits per heavy atom.